The van der Waals surface area contributed by atoms with Crippen LogP contribution < -0.4 is 26.0 Å². The topological polar surface area (TPSA) is 91.6 Å². The first kappa shape index (κ1) is 27.0. The van der Waals surface area contributed by atoms with Crippen molar-refractivity contribution in [1.82, 2.24) is 14.5 Å². The van der Waals surface area contributed by atoms with Crippen LogP contribution in [-0.4, -0.2) is 35.8 Å². The van der Waals surface area contributed by atoms with Gasteiger partial charge in [0.15, 0.2) is 11.5 Å². The van der Waals surface area contributed by atoms with Crippen LogP contribution >= 0.6 is 11.6 Å². The average Bonchev–Trinajstić information content (AvgIpc) is 2.93. The van der Waals surface area contributed by atoms with Crippen LogP contribution in [0.2, 0.25) is 5.02 Å². The molecule has 9 heteroatoms. The second-order valence-corrected chi connectivity index (χ2v) is 9.36. The highest BCUT2D eigenvalue weighted by Gasteiger charge is 2.18. The van der Waals surface area contributed by atoms with E-state index < -0.39 is 11.2 Å². The van der Waals surface area contributed by atoms with Crippen LogP contribution in [0.3, 0.4) is 0 Å². The molecule has 0 unspecified atom stereocenters. The molecule has 0 fully saturated rings. The van der Waals surface area contributed by atoms with Crippen LogP contribution in [0.1, 0.15) is 41.3 Å². The molecule has 0 saturated carbocycles. The molecule has 1 heterocycles. The number of nitrogens with zero attached hydrogens (tertiary/aromatic N) is 2. The van der Waals surface area contributed by atoms with Crippen LogP contribution in [0, 0.1) is 0 Å². The number of hydrogen-bond acceptors (Lipinski definition) is 5. The van der Waals surface area contributed by atoms with Crippen molar-refractivity contribution in [1.29, 1.82) is 0 Å². The molecule has 4 rings (SSSR count). The zero-order valence-corrected chi connectivity index (χ0v) is 22.4. The van der Waals surface area contributed by atoms with Gasteiger partial charge in [-0.25, -0.2) is 4.79 Å². The summed E-state index contributed by atoms with van der Waals surface area (Å²) in [5, 5.41) is 3.75. The minimum Gasteiger partial charge on any atom is -0.493 e. The minimum atomic E-state index is -0.476. The Bertz CT molecular complexity index is 1570. The first-order valence-corrected chi connectivity index (χ1v) is 12.7. The van der Waals surface area contributed by atoms with Gasteiger partial charge in [-0.3, -0.25) is 18.7 Å². The number of rotatable bonds is 10. The molecule has 4 aromatic rings. The van der Waals surface area contributed by atoms with E-state index in [0.29, 0.717) is 45.1 Å². The number of ether oxygens (including phenoxy) is 2. The first-order valence-electron chi connectivity index (χ1n) is 12.4. The quantitative estimate of drug-likeness (QED) is 0.303. The fraction of sp³-hybridized carbons (Fsp3) is 0.276. The fourth-order valence-electron chi connectivity index (χ4n) is 4.28. The molecular weight excluding hydrogens is 506 g/mol. The number of hydrogen-bond donors (Lipinski definition) is 1. The number of aromatic nitrogens is 2. The lowest BCUT2D eigenvalue weighted by Crippen LogP contribution is -2.40. The van der Waals surface area contributed by atoms with E-state index in [1.54, 1.807) is 48.5 Å². The lowest BCUT2D eigenvalue weighted by molar-refractivity contribution is 0.0953. The zero-order valence-electron chi connectivity index (χ0n) is 21.6. The van der Waals surface area contributed by atoms with Crippen LogP contribution in [0.4, 0.5) is 0 Å². The third kappa shape index (κ3) is 5.75. The standard InChI is InChI=1S/C29H30ClN3O5/c1-4-5-13-31-27(34)21-11-9-19(10-12-21)17-33-28(35)23-15-25(37-2)26(38-3)16-24(23)32(29(33)36)18-20-7-6-8-22(30)14-20/h6-12,14-16H,4-5,13,17-18H2,1-3H3,(H,31,34). The number of benzene rings is 3. The van der Waals surface area contributed by atoms with Crippen molar-refractivity contribution in [3.8, 4) is 11.5 Å². The molecule has 0 aliphatic rings. The number of carbonyl (C=O) groups excluding carboxylic acids is 1. The predicted octanol–water partition coefficient (Wildman–Crippen LogP) is 4.46. The summed E-state index contributed by atoms with van der Waals surface area (Å²) in [6, 6.07) is 17.3. The van der Waals surface area contributed by atoms with Crippen LogP contribution in [0.15, 0.2) is 70.3 Å². The van der Waals surface area contributed by atoms with Gasteiger partial charge in [-0.1, -0.05) is 49.2 Å². The van der Waals surface area contributed by atoms with Crippen molar-refractivity contribution in [2.75, 3.05) is 20.8 Å². The third-order valence-electron chi connectivity index (χ3n) is 6.33. The predicted molar refractivity (Wildman–Crippen MR) is 149 cm³/mol. The summed E-state index contributed by atoms with van der Waals surface area (Å²) in [6.07, 6.45) is 1.90. The average molecular weight is 536 g/mol. The SMILES string of the molecule is CCCCNC(=O)c1ccc(Cn2c(=O)c3cc(OC)c(OC)cc3n(Cc3cccc(Cl)c3)c2=O)cc1. The maximum atomic E-state index is 13.7. The molecule has 38 heavy (non-hydrogen) atoms. The van der Waals surface area contributed by atoms with Crippen molar-refractivity contribution in [3.63, 3.8) is 0 Å². The van der Waals surface area contributed by atoms with Gasteiger partial charge in [-0.05, 0) is 47.9 Å². The summed E-state index contributed by atoms with van der Waals surface area (Å²) in [6.45, 7) is 2.91. The zero-order chi connectivity index (χ0) is 27.2. The van der Waals surface area contributed by atoms with E-state index in [9.17, 15) is 14.4 Å². The molecule has 1 aromatic heterocycles. The Morgan fingerprint density at radius 1 is 0.895 bits per heavy atom. The number of halogens is 1. The lowest BCUT2D eigenvalue weighted by Gasteiger charge is -2.17. The summed E-state index contributed by atoms with van der Waals surface area (Å²) in [7, 11) is 2.99. The highest BCUT2D eigenvalue weighted by atomic mass is 35.5. The molecule has 0 aliphatic carbocycles. The lowest BCUT2D eigenvalue weighted by atomic mass is 10.1. The number of nitrogens with one attached hydrogen (secondary N) is 1. The van der Waals surface area contributed by atoms with Gasteiger partial charge in [0.05, 0.1) is 38.2 Å². The van der Waals surface area contributed by atoms with E-state index in [-0.39, 0.29) is 19.0 Å². The molecule has 198 valence electrons. The van der Waals surface area contributed by atoms with Crippen molar-refractivity contribution in [2.45, 2.75) is 32.9 Å². The largest absolute Gasteiger partial charge is 0.493 e. The van der Waals surface area contributed by atoms with Gasteiger partial charge in [-0.15, -0.1) is 0 Å². The molecule has 3 aromatic carbocycles. The fourth-order valence-corrected chi connectivity index (χ4v) is 4.49. The maximum Gasteiger partial charge on any atom is 0.332 e. The van der Waals surface area contributed by atoms with Crippen LogP contribution in [0.25, 0.3) is 10.9 Å². The summed E-state index contributed by atoms with van der Waals surface area (Å²) >= 11 is 6.18. The van der Waals surface area contributed by atoms with E-state index in [1.807, 2.05) is 12.1 Å². The third-order valence-corrected chi connectivity index (χ3v) is 6.57. The van der Waals surface area contributed by atoms with Crippen LogP contribution in [0.5, 0.6) is 11.5 Å². The molecule has 0 radical (unpaired) electrons. The van der Waals surface area contributed by atoms with Gasteiger partial charge in [0.1, 0.15) is 0 Å². The second kappa shape index (κ2) is 12.0. The molecule has 1 amide bonds. The summed E-state index contributed by atoms with van der Waals surface area (Å²) in [4.78, 5) is 39.6. The summed E-state index contributed by atoms with van der Waals surface area (Å²) in [5.41, 5.74) is 1.53. The molecule has 0 bridgehead atoms. The molecule has 0 spiro atoms. The van der Waals surface area contributed by atoms with Crippen molar-refractivity contribution in [2.24, 2.45) is 0 Å². The van der Waals surface area contributed by atoms with Crippen molar-refractivity contribution >= 4 is 28.4 Å². The van der Waals surface area contributed by atoms with E-state index in [2.05, 4.69) is 12.2 Å². The van der Waals surface area contributed by atoms with Gasteiger partial charge in [-0.2, -0.15) is 0 Å². The Morgan fingerprint density at radius 3 is 2.24 bits per heavy atom. The second-order valence-electron chi connectivity index (χ2n) is 8.92. The molecule has 0 saturated heterocycles. The van der Waals surface area contributed by atoms with Gasteiger partial charge < -0.3 is 14.8 Å². The minimum absolute atomic E-state index is 0.0369. The summed E-state index contributed by atoms with van der Waals surface area (Å²) in [5.74, 6) is 0.636. The smallest absolute Gasteiger partial charge is 0.332 e. The van der Waals surface area contributed by atoms with Gasteiger partial charge in [0.25, 0.3) is 11.5 Å². The van der Waals surface area contributed by atoms with Gasteiger partial charge >= 0.3 is 5.69 Å². The molecule has 8 nitrogen and oxygen atoms in total. The van der Waals surface area contributed by atoms with Gasteiger partial charge in [0.2, 0.25) is 0 Å². The first-order chi connectivity index (χ1) is 18.4. The van der Waals surface area contributed by atoms with Crippen molar-refractivity contribution < 1.29 is 14.3 Å². The van der Waals surface area contributed by atoms with E-state index in [0.717, 1.165) is 18.4 Å². The van der Waals surface area contributed by atoms with Crippen molar-refractivity contribution in [3.05, 3.63) is 103 Å². The van der Waals surface area contributed by atoms with Gasteiger partial charge in [0, 0.05) is 23.2 Å². The van der Waals surface area contributed by atoms with E-state index >= 15 is 0 Å². The maximum absolute atomic E-state index is 13.7. The number of amides is 1. The Labute approximate surface area is 225 Å². The number of carbonyl (C=O) groups is 1. The van der Waals surface area contributed by atoms with E-state index in [4.69, 9.17) is 21.1 Å². The number of methoxy groups -OCH3 is 2. The summed E-state index contributed by atoms with van der Waals surface area (Å²) < 4.78 is 13.6. The Hall–Kier alpha value is -4.04. The normalized spacial score (nSPS) is 10.9. The monoisotopic (exact) mass is 535 g/mol. The number of unbranched alkanes of at least 4 members (excludes halogenated alkanes) is 1. The highest BCUT2D eigenvalue weighted by molar-refractivity contribution is 6.30. The number of fused-ring (bicyclic) bond motifs is 1. The van der Waals surface area contributed by atoms with E-state index in [1.165, 1.54) is 23.4 Å². The van der Waals surface area contributed by atoms with Crippen LogP contribution in [-0.2, 0) is 13.1 Å². The Balaban J connectivity index is 1.79. The highest BCUT2D eigenvalue weighted by Crippen LogP contribution is 2.30. The molecule has 1 N–H and O–H groups in total. The Kier molecular flexibility index (Phi) is 8.53. The molecular formula is C29H30ClN3O5. The Morgan fingerprint density at radius 2 is 1.58 bits per heavy atom. The molecule has 0 aliphatic heterocycles. The molecule has 0 atom stereocenters.